The average molecular weight is 315 g/mol. The summed E-state index contributed by atoms with van der Waals surface area (Å²) in [5.74, 6) is 0. The lowest BCUT2D eigenvalue weighted by molar-refractivity contribution is 0.0116. The number of methoxy groups -OCH3 is 1. The van der Waals surface area contributed by atoms with Crippen molar-refractivity contribution in [2.75, 3.05) is 13.7 Å². The van der Waals surface area contributed by atoms with Crippen LogP contribution in [-0.4, -0.2) is 24.2 Å². The maximum absolute atomic E-state index is 5.47. The summed E-state index contributed by atoms with van der Waals surface area (Å²) in [5, 5.41) is 3.49. The Morgan fingerprint density at radius 3 is 2.78 bits per heavy atom. The number of nitrogens with zero attached hydrogens (tertiary/aromatic N) is 1. The quantitative estimate of drug-likeness (QED) is 0.833. The molecule has 0 saturated carbocycles. The molecule has 1 aromatic heterocycles. The first-order chi connectivity index (χ1) is 8.50. The SMILES string of the molecule is CCNC(CCC(C)(C)OC)c1ncccc1Br. The first-order valence-electron chi connectivity index (χ1n) is 6.39. The predicted molar refractivity (Wildman–Crippen MR) is 78.7 cm³/mol. The van der Waals surface area contributed by atoms with E-state index in [9.17, 15) is 0 Å². The Morgan fingerprint density at radius 2 is 2.22 bits per heavy atom. The van der Waals surface area contributed by atoms with E-state index in [-0.39, 0.29) is 11.6 Å². The van der Waals surface area contributed by atoms with E-state index in [1.807, 2.05) is 18.3 Å². The van der Waals surface area contributed by atoms with E-state index in [1.54, 1.807) is 7.11 Å². The van der Waals surface area contributed by atoms with Gasteiger partial charge in [-0.3, -0.25) is 4.98 Å². The predicted octanol–water partition coefficient (Wildman–Crippen LogP) is 3.70. The van der Waals surface area contributed by atoms with Crippen LogP contribution in [-0.2, 0) is 4.74 Å². The second-order valence-corrected chi connectivity index (χ2v) is 5.84. The fraction of sp³-hybridized carbons (Fsp3) is 0.643. The molecule has 0 aliphatic heterocycles. The van der Waals surface area contributed by atoms with E-state index < -0.39 is 0 Å². The van der Waals surface area contributed by atoms with Crippen molar-refractivity contribution in [1.29, 1.82) is 0 Å². The third-order valence-electron chi connectivity index (χ3n) is 3.16. The normalized spacial score (nSPS) is 13.6. The summed E-state index contributed by atoms with van der Waals surface area (Å²) in [4.78, 5) is 4.47. The molecule has 0 aliphatic rings. The molecule has 3 nitrogen and oxygen atoms in total. The van der Waals surface area contributed by atoms with Crippen LogP contribution in [0.25, 0.3) is 0 Å². The summed E-state index contributed by atoms with van der Waals surface area (Å²) >= 11 is 3.57. The summed E-state index contributed by atoms with van der Waals surface area (Å²) < 4.78 is 6.53. The Kier molecular flexibility index (Phi) is 6.26. The minimum atomic E-state index is -0.0884. The Morgan fingerprint density at radius 1 is 1.50 bits per heavy atom. The average Bonchev–Trinajstić information content (AvgIpc) is 2.35. The molecule has 0 aliphatic carbocycles. The highest BCUT2D eigenvalue weighted by Crippen LogP contribution is 2.27. The van der Waals surface area contributed by atoms with E-state index in [0.717, 1.165) is 29.6 Å². The lowest BCUT2D eigenvalue weighted by atomic mass is 9.97. The third-order valence-corrected chi connectivity index (χ3v) is 3.83. The fourth-order valence-electron chi connectivity index (χ4n) is 1.83. The lowest BCUT2D eigenvalue weighted by Crippen LogP contribution is -2.28. The van der Waals surface area contributed by atoms with Gasteiger partial charge < -0.3 is 10.1 Å². The van der Waals surface area contributed by atoms with Gasteiger partial charge in [0.15, 0.2) is 0 Å². The maximum Gasteiger partial charge on any atom is 0.0714 e. The third kappa shape index (κ3) is 4.67. The zero-order valence-corrected chi connectivity index (χ0v) is 13.3. The summed E-state index contributed by atoms with van der Waals surface area (Å²) in [6.45, 7) is 7.28. The molecule has 4 heteroatoms. The van der Waals surface area contributed by atoms with Crippen molar-refractivity contribution in [1.82, 2.24) is 10.3 Å². The van der Waals surface area contributed by atoms with Crippen molar-refractivity contribution in [3.8, 4) is 0 Å². The van der Waals surface area contributed by atoms with Crippen LogP contribution in [0.15, 0.2) is 22.8 Å². The Balaban J connectivity index is 2.75. The van der Waals surface area contributed by atoms with Crippen LogP contribution < -0.4 is 5.32 Å². The molecular weight excluding hydrogens is 292 g/mol. The molecular formula is C14H23BrN2O. The van der Waals surface area contributed by atoms with Crippen LogP contribution in [0.2, 0.25) is 0 Å². The van der Waals surface area contributed by atoms with Crippen LogP contribution in [0, 0.1) is 0 Å². The number of rotatable bonds is 7. The zero-order chi connectivity index (χ0) is 13.6. The molecule has 1 heterocycles. The van der Waals surface area contributed by atoms with Gasteiger partial charge in [-0.15, -0.1) is 0 Å². The lowest BCUT2D eigenvalue weighted by Gasteiger charge is -2.26. The molecule has 0 aromatic carbocycles. The number of ether oxygens (including phenoxy) is 1. The van der Waals surface area contributed by atoms with E-state index in [1.165, 1.54) is 0 Å². The number of nitrogens with one attached hydrogen (secondary N) is 1. The van der Waals surface area contributed by atoms with Gasteiger partial charge in [0.25, 0.3) is 0 Å². The summed E-state index contributed by atoms with van der Waals surface area (Å²) in [6, 6.07) is 4.24. The molecule has 1 aromatic rings. The Hall–Kier alpha value is -0.450. The summed E-state index contributed by atoms with van der Waals surface area (Å²) in [7, 11) is 1.76. The van der Waals surface area contributed by atoms with Crippen molar-refractivity contribution >= 4 is 15.9 Å². The number of aromatic nitrogens is 1. The highest BCUT2D eigenvalue weighted by atomic mass is 79.9. The van der Waals surface area contributed by atoms with E-state index in [4.69, 9.17) is 4.74 Å². The Bertz CT molecular complexity index is 369. The minimum absolute atomic E-state index is 0.0884. The molecule has 0 bridgehead atoms. The van der Waals surface area contributed by atoms with Gasteiger partial charge >= 0.3 is 0 Å². The van der Waals surface area contributed by atoms with Crippen molar-refractivity contribution in [2.24, 2.45) is 0 Å². The minimum Gasteiger partial charge on any atom is -0.379 e. The standard InChI is InChI=1S/C14H23BrN2O/c1-5-16-12(8-9-14(2,3)18-4)13-11(15)7-6-10-17-13/h6-7,10,12,16H,5,8-9H2,1-4H3. The fourth-order valence-corrected chi connectivity index (χ4v) is 2.36. The molecule has 0 radical (unpaired) electrons. The van der Waals surface area contributed by atoms with Crippen LogP contribution >= 0.6 is 15.9 Å². The highest BCUT2D eigenvalue weighted by Gasteiger charge is 2.21. The van der Waals surface area contributed by atoms with Gasteiger partial charge in [-0.2, -0.15) is 0 Å². The van der Waals surface area contributed by atoms with Crippen LogP contribution in [0.5, 0.6) is 0 Å². The molecule has 1 rings (SSSR count). The molecule has 0 amide bonds. The molecule has 1 unspecified atom stereocenters. The first kappa shape index (κ1) is 15.6. The first-order valence-corrected chi connectivity index (χ1v) is 7.18. The zero-order valence-electron chi connectivity index (χ0n) is 11.7. The van der Waals surface area contributed by atoms with E-state index in [0.29, 0.717) is 0 Å². The number of halogens is 1. The van der Waals surface area contributed by atoms with Gasteiger partial charge in [-0.05, 0) is 61.3 Å². The molecule has 0 saturated heterocycles. The monoisotopic (exact) mass is 314 g/mol. The Labute approximate surface area is 118 Å². The second kappa shape index (κ2) is 7.22. The topological polar surface area (TPSA) is 34.1 Å². The van der Waals surface area contributed by atoms with Gasteiger partial charge in [0.1, 0.15) is 0 Å². The van der Waals surface area contributed by atoms with Gasteiger partial charge in [0.2, 0.25) is 0 Å². The number of hydrogen-bond acceptors (Lipinski definition) is 3. The van der Waals surface area contributed by atoms with Crippen molar-refractivity contribution in [2.45, 2.75) is 45.3 Å². The molecule has 0 spiro atoms. The highest BCUT2D eigenvalue weighted by molar-refractivity contribution is 9.10. The molecule has 102 valence electrons. The second-order valence-electron chi connectivity index (χ2n) is 4.98. The van der Waals surface area contributed by atoms with Gasteiger partial charge in [-0.1, -0.05) is 6.92 Å². The largest absolute Gasteiger partial charge is 0.379 e. The molecule has 1 atom stereocenters. The number of pyridine rings is 1. The molecule has 18 heavy (non-hydrogen) atoms. The maximum atomic E-state index is 5.47. The van der Waals surface area contributed by atoms with Gasteiger partial charge in [0, 0.05) is 17.8 Å². The van der Waals surface area contributed by atoms with E-state index in [2.05, 4.69) is 47.0 Å². The van der Waals surface area contributed by atoms with Crippen LogP contribution in [0.3, 0.4) is 0 Å². The summed E-state index contributed by atoms with van der Waals surface area (Å²) in [6.07, 6.45) is 3.83. The molecule has 0 fully saturated rings. The van der Waals surface area contributed by atoms with Gasteiger partial charge in [0.05, 0.1) is 17.3 Å². The van der Waals surface area contributed by atoms with Crippen LogP contribution in [0.4, 0.5) is 0 Å². The smallest absolute Gasteiger partial charge is 0.0714 e. The van der Waals surface area contributed by atoms with Crippen molar-refractivity contribution in [3.63, 3.8) is 0 Å². The van der Waals surface area contributed by atoms with Crippen LogP contribution in [0.1, 0.15) is 45.3 Å². The van der Waals surface area contributed by atoms with Gasteiger partial charge in [-0.25, -0.2) is 0 Å². The van der Waals surface area contributed by atoms with E-state index >= 15 is 0 Å². The van der Waals surface area contributed by atoms with Crippen molar-refractivity contribution in [3.05, 3.63) is 28.5 Å². The summed E-state index contributed by atoms with van der Waals surface area (Å²) in [5.41, 5.74) is 0.987. The molecule has 1 N–H and O–H groups in total. The number of hydrogen-bond donors (Lipinski definition) is 1. The van der Waals surface area contributed by atoms with Crippen molar-refractivity contribution < 1.29 is 4.74 Å².